The van der Waals surface area contributed by atoms with Crippen molar-refractivity contribution in [3.63, 3.8) is 0 Å². The second-order valence-electron chi connectivity index (χ2n) is 6.43. The van der Waals surface area contributed by atoms with Crippen LogP contribution in [0.15, 0.2) is 36.4 Å². The maximum absolute atomic E-state index is 14.0. The number of nitrogen functional groups attached to an aromatic ring is 1. The molecule has 172 valence electrons. The molecule has 2 aromatic carbocycles. The molecule has 0 bridgehead atoms. The molecule has 2 aliphatic heterocycles. The van der Waals surface area contributed by atoms with Crippen molar-refractivity contribution in [3.05, 3.63) is 36.4 Å². The summed E-state index contributed by atoms with van der Waals surface area (Å²) in [5.74, 6) is -6.06. The monoisotopic (exact) mass is 468 g/mol. The molecule has 2 N–H and O–H groups in total. The number of nitrogens with zero attached hydrogens (tertiary/aromatic N) is 4. The van der Waals surface area contributed by atoms with Crippen LogP contribution in [0.5, 0.6) is 23.0 Å². The molecular weight excluding hydrogens is 426 g/mol. The molecule has 1 saturated heterocycles. The van der Waals surface area contributed by atoms with Crippen LogP contribution in [0.3, 0.4) is 0 Å². The van der Waals surface area contributed by atoms with E-state index in [4.69, 9.17) is 48.0 Å². The van der Waals surface area contributed by atoms with E-state index in [2.05, 4.69) is 9.97 Å². The lowest BCUT2D eigenvalue weighted by Gasteiger charge is -2.37. The van der Waals surface area contributed by atoms with Crippen molar-refractivity contribution in [1.82, 2.24) is 14.9 Å². The quantitative estimate of drug-likeness (QED) is 0.611. The number of hydrogen-bond donors (Lipinski definition) is 1. The molecule has 3 heterocycles. The molecule has 5 rings (SSSR count). The van der Waals surface area contributed by atoms with Gasteiger partial charge in [0.05, 0.1) is 42.9 Å². The number of piperazine rings is 1. The average Bonchev–Trinajstić information content (AvgIpc) is 2.91. The zero-order chi connectivity index (χ0) is 37.8. The summed E-state index contributed by atoms with van der Waals surface area (Å²) in [7, 11) is -6.29. The SMILES string of the molecule is [2H]C([2H])([2H])Oc1cc2nc(N3C([2H])([2H])C([2H])([2H])N(C(=O)C4([2H])Oc5ccccc5OC4([2H])[2H])C([2H])([2H])C3([2H])[2H])nc(N)c2cc1OC([2H])([2H])[2H]. The summed E-state index contributed by atoms with van der Waals surface area (Å²) in [4.78, 5) is 20.9. The van der Waals surface area contributed by atoms with Gasteiger partial charge in [-0.3, -0.25) is 4.79 Å². The van der Waals surface area contributed by atoms with Gasteiger partial charge in [0.1, 0.15) is 12.4 Å². The van der Waals surface area contributed by atoms with E-state index < -0.39 is 92.3 Å². The summed E-state index contributed by atoms with van der Waals surface area (Å²) in [5, 5.41) is -0.264. The van der Waals surface area contributed by atoms with Gasteiger partial charge >= 0.3 is 0 Å². The smallest absolute Gasteiger partial charge is 0.267 e. The molecule has 1 unspecified atom stereocenters. The number of methoxy groups -OCH3 is 2. The van der Waals surface area contributed by atoms with E-state index in [1.54, 1.807) is 0 Å². The highest BCUT2D eigenvalue weighted by Crippen LogP contribution is 2.34. The summed E-state index contributed by atoms with van der Waals surface area (Å²) < 4.78 is 159. The number of amides is 1. The Balaban J connectivity index is 1.66. The Morgan fingerprint density at radius 3 is 2.64 bits per heavy atom. The van der Waals surface area contributed by atoms with E-state index in [0.29, 0.717) is 0 Å². The number of benzene rings is 2. The maximum Gasteiger partial charge on any atom is 0.267 e. The number of rotatable bonds is 4. The van der Waals surface area contributed by atoms with Crippen molar-refractivity contribution in [2.24, 2.45) is 0 Å². The van der Waals surface area contributed by atoms with Gasteiger partial charge in [-0.2, -0.15) is 4.98 Å². The number of aromatic nitrogens is 2. The van der Waals surface area contributed by atoms with Crippen molar-refractivity contribution < 1.29 is 47.0 Å². The normalized spacial score (nSPS) is 35.9. The molecule has 0 radical (unpaired) electrons. The number of hydrogen-bond acceptors (Lipinski definition) is 9. The minimum Gasteiger partial charge on any atom is -0.493 e. The third-order valence-electron chi connectivity index (χ3n) is 4.46. The van der Waals surface area contributed by atoms with Crippen LogP contribution < -0.4 is 29.6 Å². The second-order valence-corrected chi connectivity index (χ2v) is 6.43. The standard InChI is InChI=1S/C23H25N5O5/c1-30-18-11-14-15(12-19(18)31-2)25-23(26-21(14)24)28-9-7-27(8-10-28)22(29)20-13-32-16-5-3-4-6-17(16)33-20/h3-6,11-12,20H,7-10,13H2,1-2H3,(H2,24,25,26)/i1D3,2D3,7D2,8D2,9D2,10D2,13D2,20D. The highest BCUT2D eigenvalue weighted by molar-refractivity contribution is 5.91. The first-order chi connectivity index (χ1) is 22.5. The van der Waals surface area contributed by atoms with Crippen molar-refractivity contribution in [1.29, 1.82) is 0 Å². The number of ether oxygens (including phenoxy) is 4. The van der Waals surface area contributed by atoms with Gasteiger partial charge < -0.3 is 34.5 Å². The van der Waals surface area contributed by atoms with Gasteiger partial charge in [-0.15, -0.1) is 0 Å². The topological polar surface area (TPSA) is 112 Å². The van der Waals surface area contributed by atoms with Crippen molar-refractivity contribution in [3.8, 4) is 23.0 Å². The fraction of sp³-hybridized carbons (Fsp3) is 0.348. The average molecular weight is 469 g/mol. The Morgan fingerprint density at radius 2 is 1.88 bits per heavy atom. The van der Waals surface area contributed by atoms with Crippen LogP contribution >= 0.6 is 0 Å². The predicted octanol–water partition coefficient (Wildman–Crippen LogP) is 1.72. The van der Waals surface area contributed by atoms with E-state index in [0.717, 1.165) is 18.2 Å². The Labute approximate surface area is 214 Å². The van der Waals surface area contributed by atoms with Crippen molar-refractivity contribution in [2.45, 2.75) is 6.08 Å². The summed E-state index contributed by atoms with van der Waals surface area (Å²) in [6.07, 6.45) is -3.66. The Bertz CT molecular complexity index is 1840. The lowest BCUT2D eigenvalue weighted by Crippen LogP contribution is -2.54. The molecule has 1 aromatic heterocycles. The fourth-order valence-corrected chi connectivity index (χ4v) is 2.90. The Hall–Kier alpha value is -3.95. The van der Waals surface area contributed by atoms with Gasteiger partial charge in [-0.25, -0.2) is 4.98 Å². The first-order valence-corrected chi connectivity index (χ1v) is 9.09. The second kappa shape index (κ2) is 8.53. The number of para-hydroxylation sites is 2. The number of nitrogens with two attached hydrogens (primary N) is 1. The minimum atomic E-state index is -4.00. The Kier molecular flexibility index (Phi) is 2.36. The van der Waals surface area contributed by atoms with E-state index in [1.807, 2.05) is 0 Å². The zero-order valence-electron chi connectivity index (χ0n) is 33.4. The Morgan fingerprint density at radius 1 is 1.15 bits per heavy atom. The van der Waals surface area contributed by atoms with E-state index >= 15 is 0 Å². The van der Waals surface area contributed by atoms with Gasteiger partial charge in [0.2, 0.25) is 12.0 Å². The number of carbonyl (C=O) groups excluding carboxylic acids is 1. The third-order valence-corrected chi connectivity index (χ3v) is 4.46. The lowest BCUT2D eigenvalue weighted by molar-refractivity contribution is -0.141. The summed E-state index contributed by atoms with van der Waals surface area (Å²) in [6.45, 7) is -19.2. The van der Waals surface area contributed by atoms with Crippen LogP contribution in [0.25, 0.3) is 10.9 Å². The molecule has 10 heteroatoms. The van der Waals surface area contributed by atoms with E-state index in [-0.39, 0.29) is 21.8 Å². The number of fused-ring (bicyclic) bond motifs is 2. The summed E-state index contributed by atoms with van der Waals surface area (Å²) in [5.41, 5.74) is 5.57. The molecule has 1 atom stereocenters. The fourth-order valence-electron chi connectivity index (χ4n) is 2.90. The molecular formula is C23H25N5O5. The van der Waals surface area contributed by atoms with Gasteiger partial charge in [0.15, 0.2) is 23.0 Å². The van der Waals surface area contributed by atoms with E-state index in [9.17, 15) is 4.79 Å². The molecule has 3 aromatic rings. The minimum absolute atomic E-state index is 0.213. The first kappa shape index (κ1) is 9.12. The number of carbonyl (C=O) groups is 1. The van der Waals surface area contributed by atoms with E-state index in [1.165, 1.54) is 18.2 Å². The van der Waals surface area contributed by atoms with Gasteiger partial charge in [0, 0.05) is 37.4 Å². The van der Waals surface area contributed by atoms with Crippen LogP contribution in [-0.2, 0) is 4.79 Å². The molecule has 0 aliphatic carbocycles. The molecule has 33 heavy (non-hydrogen) atoms. The number of anilines is 2. The predicted molar refractivity (Wildman–Crippen MR) is 122 cm³/mol. The van der Waals surface area contributed by atoms with Crippen LogP contribution in [-0.4, -0.2) is 73.5 Å². The summed E-state index contributed by atoms with van der Waals surface area (Å²) in [6, 6.07) is 6.80. The van der Waals surface area contributed by atoms with Crippen LogP contribution in [0.1, 0.15) is 23.3 Å². The van der Waals surface area contributed by atoms with Gasteiger partial charge in [0.25, 0.3) is 5.91 Å². The lowest BCUT2D eigenvalue weighted by atomic mass is 10.2. The van der Waals surface area contributed by atoms with Crippen LogP contribution in [0, 0.1) is 0 Å². The molecule has 0 saturated carbocycles. The first-order valence-electron chi connectivity index (χ1n) is 17.6. The highest BCUT2D eigenvalue weighted by atomic mass is 16.6. The maximum atomic E-state index is 14.0. The molecule has 1 fully saturated rings. The molecule has 0 spiro atoms. The zero-order valence-corrected chi connectivity index (χ0v) is 16.4. The van der Waals surface area contributed by atoms with Crippen molar-refractivity contribution >= 4 is 28.6 Å². The van der Waals surface area contributed by atoms with Crippen LogP contribution in [0.4, 0.5) is 11.8 Å². The summed E-state index contributed by atoms with van der Waals surface area (Å²) >= 11 is 0. The highest BCUT2D eigenvalue weighted by Gasteiger charge is 2.33. The largest absolute Gasteiger partial charge is 0.493 e. The van der Waals surface area contributed by atoms with Crippen LogP contribution in [0.2, 0.25) is 0 Å². The third kappa shape index (κ3) is 3.88. The molecule has 10 nitrogen and oxygen atoms in total. The van der Waals surface area contributed by atoms with Gasteiger partial charge in [-0.05, 0) is 18.2 Å². The molecule has 2 aliphatic rings. The van der Waals surface area contributed by atoms with Gasteiger partial charge in [-0.1, -0.05) is 12.1 Å². The van der Waals surface area contributed by atoms with Crippen molar-refractivity contribution in [2.75, 3.05) is 57.3 Å². The molecule has 1 amide bonds.